The fraction of sp³-hybridized carbons (Fsp3) is 0.533. The van der Waals surface area contributed by atoms with Gasteiger partial charge in [-0.1, -0.05) is 6.07 Å². The van der Waals surface area contributed by atoms with Gasteiger partial charge in [-0.3, -0.25) is 0 Å². The number of halogens is 2. The minimum absolute atomic E-state index is 0.0421. The van der Waals surface area contributed by atoms with E-state index >= 15 is 0 Å². The maximum atomic E-state index is 13.5. The first-order chi connectivity index (χ1) is 10.1. The van der Waals surface area contributed by atoms with E-state index in [4.69, 9.17) is 0 Å². The number of nitrogens with one attached hydrogen (secondary N) is 2. The number of rotatable bonds is 3. The summed E-state index contributed by atoms with van der Waals surface area (Å²) in [6.07, 6.45) is 3.15. The third-order valence-corrected chi connectivity index (χ3v) is 4.80. The second kappa shape index (κ2) is 5.60. The Morgan fingerprint density at radius 1 is 1.29 bits per heavy atom. The molecule has 0 heterocycles. The second-order valence-electron chi connectivity index (χ2n) is 5.91. The highest BCUT2D eigenvalue weighted by Crippen LogP contribution is 2.48. The third-order valence-electron chi connectivity index (χ3n) is 4.80. The highest BCUT2D eigenvalue weighted by molar-refractivity contribution is 5.89. The zero-order chi connectivity index (χ0) is 15.0. The lowest BCUT2D eigenvalue weighted by Crippen LogP contribution is -2.46. The molecule has 2 amide bonds. The summed E-state index contributed by atoms with van der Waals surface area (Å²) in [5.74, 6) is -1.18. The summed E-state index contributed by atoms with van der Waals surface area (Å²) in [7, 11) is 0. The summed E-state index contributed by atoms with van der Waals surface area (Å²) in [4.78, 5) is 12.0. The lowest BCUT2D eigenvalue weighted by Gasteiger charge is -2.30. The van der Waals surface area contributed by atoms with Gasteiger partial charge in [0.1, 0.15) is 0 Å². The van der Waals surface area contributed by atoms with Crippen LogP contribution in [0.1, 0.15) is 19.3 Å². The number of fused-ring (bicyclic) bond motifs is 2. The van der Waals surface area contributed by atoms with Gasteiger partial charge >= 0.3 is 6.03 Å². The van der Waals surface area contributed by atoms with E-state index in [1.807, 2.05) is 0 Å². The largest absolute Gasteiger partial charge is 0.396 e. The fourth-order valence-electron chi connectivity index (χ4n) is 3.81. The zero-order valence-corrected chi connectivity index (χ0v) is 11.5. The number of urea groups is 1. The van der Waals surface area contributed by atoms with Gasteiger partial charge in [-0.2, -0.15) is 0 Å². The Balaban J connectivity index is 1.65. The van der Waals surface area contributed by atoms with Crippen LogP contribution in [0.15, 0.2) is 18.2 Å². The molecule has 4 nitrogen and oxygen atoms in total. The molecule has 4 atom stereocenters. The number of aliphatic hydroxyl groups is 1. The number of amides is 2. The molecule has 2 aliphatic carbocycles. The predicted molar refractivity (Wildman–Crippen MR) is 73.7 cm³/mol. The number of hydrogen-bond acceptors (Lipinski definition) is 2. The Morgan fingerprint density at radius 2 is 2.05 bits per heavy atom. The number of carbonyl (C=O) groups excluding carboxylic acids is 1. The smallest absolute Gasteiger partial charge is 0.319 e. The molecule has 2 aliphatic rings. The van der Waals surface area contributed by atoms with Crippen LogP contribution in [0.2, 0.25) is 0 Å². The molecule has 6 heteroatoms. The minimum atomic E-state index is -1.07. The highest BCUT2D eigenvalue weighted by atomic mass is 19.2. The monoisotopic (exact) mass is 296 g/mol. The van der Waals surface area contributed by atoms with Crippen molar-refractivity contribution in [2.45, 2.75) is 25.3 Å². The van der Waals surface area contributed by atoms with Crippen LogP contribution in [0, 0.1) is 29.4 Å². The molecule has 0 saturated heterocycles. The van der Waals surface area contributed by atoms with Crippen LogP contribution < -0.4 is 10.6 Å². The molecular formula is C15H18F2N2O2. The molecule has 21 heavy (non-hydrogen) atoms. The summed E-state index contributed by atoms with van der Waals surface area (Å²) in [6, 6.07) is 2.99. The van der Waals surface area contributed by atoms with Crippen molar-refractivity contribution in [1.29, 1.82) is 0 Å². The van der Waals surface area contributed by atoms with E-state index in [0.29, 0.717) is 11.8 Å². The summed E-state index contributed by atoms with van der Waals surface area (Å²) in [6.45, 7) is 0.0421. The van der Waals surface area contributed by atoms with Crippen molar-refractivity contribution >= 4 is 11.7 Å². The van der Waals surface area contributed by atoms with Crippen molar-refractivity contribution in [3.63, 3.8) is 0 Å². The molecule has 2 bridgehead atoms. The van der Waals surface area contributed by atoms with Crippen LogP contribution in [-0.2, 0) is 0 Å². The lowest BCUT2D eigenvalue weighted by molar-refractivity contribution is 0.146. The van der Waals surface area contributed by atoms with Crippen molar-refractivity contribution in [2.75, 3.05) is 11.9 Å². The van der Waals surface area contributed by atoms with Gasteiger partial charge in [0, 0.05) is 18.6 Å². The molecule has 0 radical (unpaired) electrons. The molecular weight excluding hydrogens is 278 g/mol. The number of hydrogen-bond donors (Lipinski definition) is 3. The van der Waals surface area contributed by atoms with Crippen LogP contribution in [0.3, 0.4) is 0 Å². The first kappa shape index (κ1) is 14.3. The van der Waals surface area contributed by atoms with Gasteiger partial charge < -0.3 is 15.7 Å². The Morgan fingerprint density at radius 3 is 2.81 bits per heavy atom. The normalized spacial score (nSPS) is 30.4. The zero-order valence-electron chi connectivity index (χ0n) is 11.5. The number of carbonyl (C=O) groups is 1. The molecule has 1 aromatic rings. The molecule has 0 aromatic heterocycles. The van der Waals surface area contributed by atoms with E-state index in [2.05, 4.69) is 10.6 Å². The highest BCUT2D eigenvalue weighted by Gasteiger charge is 2.47. The van der Waals surface area contributed by atoms with Gasteiger partial charge in [0.25, 0.3) is 0 Å². The van der Waals surface area contributed by atoms with Crippen LogP contribution in [-0.4, -0.2) is 23.8 Å². The molecule has 0 aliphatic heterocycles. The Bertz CT molecular complexity index is 552. The summed E-state index contributed by atoms with van der Waals surface area (Å²) < 4.78 is 26.6. The van der Waals surface area contributed by atoms with Crippen LogP contribution >= 0.6 is 0 Å². The van der Waals surface area contributed by atoms with Crippen molar-refractivity contribution in [1.82, 2.24) is 5.32 Å². The number of benzene rings is 1. The minimum Gasteiger partial charge on any atom is -0.396 e. The molecule has 2 fully saturated rings. The van der Waals surface area contributed by atoms with Crippen LogP contribution in [0.25, 0.3) is 0 Å². The van der Waals surface area contributed by atoms with Gasteiger partial charge in [-0.15, -0.1) is 0 Å². The maximum absolute atomic E-state index is 13.5. The van der Waals surface area contributed by atoms with Crippen LogP contribution in [0.4, 0.5) is 19.3 Å². The molecule has 1 aromatic carbocycles. The first-order valence-electron chi connectivity index (χ1n) is 7.22. The second-order valence-corrected chi connectivity index (χ2v) is 5.91. The average molecular weight is 296 g/mol. The number of anilines is 1. The van der Waals surface area contributed by atoms with Gasteiger partial charge in [0.05, 0.1) is 5.69 Å². The van der Waals surface area contributed by atoms with E-state index in [9.17, 15) is 18.7 Å². The number of aliphatic hydroxyl groups excluding tert-OH is 1. The standard InChI is InChI=1S/C15H18F2N2O2/c16-11-2-1-3-12(13(11)17)18-15(21)19-14-9-5-4-8(6-9)10(14)7-20/h1-3,8-10,14,20H,4-7H2,(H2,18,19,21). The molecule has 3 N–H and O–H groups in total. The maximum Gasteiger partial charge on any atom is 0.319 e. The van der Waals surface area contributed by atoms with Gasteiger partial charge in [0.15, 0.2) is 11.6 Å². The van der Waals surface area contributed by atoms with E-state index in [0.717, 1.165) is 25.3 Å². The van der Waals surface area contributed by atoms with Crippen molar-refractivity contribution in [3.05, 3.63) is 29.8 Å². The van der Waals surface area contributed by atoms with Gasteiger partial charge in [-0.05, 0) is 43.2 Å². The molecule has 2 saturated carbocycles. The first-order valence-corrected chi connectivity index (χ1v) is 7.22. The molecule has 4 unspecified atom stereocenters. The Labute approximate surface area is 121 Å². The Hall–Kier alpha value is -1.69. The molecule has 0 spiro atoms. The summed E-state index contributed by atoms with van der Waals surface area (Å²) in [5.41, 5.74) is -0.184. The van der Waals surface area contributed by atoms with Crippen molar-refractivity contribution < 1.29 is 18.7 Å². The summed E-state index contributed by atoms with van der Waals surface area (Å²) >= 11 is 0. The van der Waals surface area contributed by atoms with E-state index in [1.54, 1.807) is 0 Å². The Kier molecular flexibility index (Phi) is 3.80. The topological polar surface area (TPSA) is 61.4 Å². The third kappa shape index (κ3) is 2.60. The summed E-state index contributed by atoms with van der Waals surface area (Å²) in [5, 5.41) is 14.6. The van der Waals surface area contributed by atoms with Crippen molar-refractivity contribution in [2.24, 2.45) is 17.8 Å². The predicted octanol–water partition coefficient (Wildman–Crippen LogP) is 2.49. The van der Waals surface area contributed by atoms with Crippen molar-refractivity contribution in [3.8, 4) is 0 Å². The molecule has 114 valence electrons. The average Bonchev–Trinajstić information content (AvgIpc) is 3.05. The molecule has 3 rings (SSSR count). The van der Waals surface area contributed by atoms with Gasteiger partial charge in [-0.25, -0.2) is 13.6 Å². The quantitative estimate of drug-likeness (QED) is 0.802. The van der Waals surface area contributed by atoms with E-state index in [1.165, 1.54) is 12.1 Å². The van der Waals surface area contributed by atoms with E-state index < -0.39 is 17.7 Å². The fourth-order valence-corrected chi connectivity index (χ4v) is 3.81. The van der Waals surface area contributed by atoms with E-state index in [-0.39, 0.29) is 24.3 Å². The lowest BCUT2D eigenvalue weighted by atomic mass is 9.85. The van der Waals surface area contributed by atoms with Gasteiger partial charge in [0.2, 0.25) is 0 Å². The SMILES string of the molecule is O=C(Nc1cccc(F)c1F)NC1C2CCC(C2)C1CO. The van der Waals surface area contributed by atoms with Crippen LogP contribution in [0.5, 0.6) is 0 Å².